The van der Waals surface area contributed by atoms with Crippen LogP contribution in [0, 0.1) is 0 Å². The molecule has 0 bridgehead atoms. The van der Waals surface area contributed by atoms with Crippen LogP contribution < -0.4 is 11.1 Å². The van der Waals surface area contributed by atoms with E-state index >= 15 is 0 Å². The number of hydrogen-bond donors (Lipinski definition) is 3. The molecule has 0 heterocycles. The molecule has 116 valence electrons. The van der Waals surface area contributed by atoms with Gasteiger partial charge in [-0.3, -0.25) is 9.35 Å². The summed E-state index contributed by atoms with van der Waals surface area (Å²) in [4.78, 5) is 12.0. The Morgan fingerprint density at radius 2 is 2.00 bits per heavy atom. The van der Waals surface area contributed by atoms with E-state index in [4.69, 9.17) is 10.3 Å². The minimum atomic E-state index is -4.02. The highest BCUT2D eigenvalue weighted by Crippen LogP contribution is 2.24. The minimum Gasteiger partial charge on any atom is -0.352 e. The minimum absolute atomic E-state index is 0.239. The van der Waals surface area contributed by atoms with Crippen molar-refractivity contribution in [3.05, 3.63) is 35.9 Å². The van der Waals surface area contributed by atoms with Gasteiger partial charge in [-0.1, -0.05) is 30.3 Å². The zero-order valence-corrected chi connectivity index (χ0v) is 12.4. The van der Waals surface area contributed by atoms with Crippen LogP contribution in [0.5, 0.6) is 0 Å². The second kappa shape index (κ2) is 6.55. The van der Waals surface area contributed by atoms with Gasteiger partial charge >= 0.3 is 0 Å². The average molecular weight is 312 g/mol. The number of benzene rings is 1. The maximum Gasteiger partial charge on any atom is 0.267 e. The lowest BCUT2D eigenvalue weighted by atomic mass is 10.1. The summed E-state index contributed by atoms with van der Waals surface area (Å²) in [6, 6.07) is 8.54. The van der Waals surface area contributed by atoms with Gasteiger partial charge in [-0.2, -0.15) is 8.42 Å². The van der Waals surface area contributed by atoms with Gasteiger partial charge in [0.25, 0.3) is 10.1 Å². The Morgan fingerprint density at radius 1 is 1.33 bits per heavy atom. The van der Waals surface area contributed by atoms with Gasteiger partial charge in [0.05, 0.1) is 11.3 Å². The molecule has 0 spiro atoms. The van der Waals surface area contributed by atoms with Crippen molar-refractivity contribution >= 4 is 16.0 Å². The first-order chi connectivity index (χ1) is 9.86. The summed E-state index contributed by atoms with van der Waals surface area (Å²) in [6.07, 6.45) is 1.57. The zero-order chi connectivity index (χ0) is 15.5. The summed E-state index contributed by atoms with van der Waals surface area (Å²) in [5.41, 5.74) is 6.84. The molecule has 0 saturated heterocycles. The van der Waals surface area contributed by atoms with Crippen LogP contribution in [0.15, 0.2) is 30.3 Å². The molecule has 6 nitrogen and oxygen atoms in total. The predicted molar refractivity (Wildman–Crippen MR) is 79.2 cm³/mol. The second-order valence-electron chi connectivity index (χ2n) is 5.45. The van der Waals surface area contributed by atoms with Crippen LogP contribution >= 0.6 is 0 Å². The van der Waals surface area contributed by atoms with Gasteiger partial charge in [0.1, 0.15) is 0 Å². The molecule has 4 N–H and O–H groups in total. The van der Waals surface area contributed by atoms with Crippen molar-refractivity contribution in [2.24, 2.45) is 5.73 Å². The van der Waals surface area contributed by atoms with Crippen molar-refractivity contribution in [3.63, 3.8) is 0 Å². The van der Waals surface area contributed by atoms with Crippen LogP contribution in [0.1, 0.15) is 24.8 Å². The SMILES string of the molecule is N[C@@H](Cc1ccccc1)C(=O)NC1CCC(S(=O)(=O)O)C1. The highest BCUT2D eigenvalue weighted by Gasteiger charge is 2.34. The number of rotatable bonds is 5. The van der Waals surface area contributed by atoms with Crippen molar-refractivity contribution in [1.29, 1.82) is 0 Å². The van der Waals surface area contributed by atoms with E-state index in [-0.39, 0.29) is 18.4 Å². The normalized spacial score (nSPS) is 23.7. The van der Waals surface area contributed by atoms with Crippen LogP contribution in [-0.2, 0) is 21.3 Å². The smallest absolute Gasteiger partial charge is 0.267 e. The molecule has 1 aliphatic carbocycles. The quantitative estimate of drug-likeness (QED) is 0.685. The van der Waals surface area contributed by atoms with Gasteiger partial charge in [-0.05, 0) is 31.2 Å². The Bertz CT molecular complexity index is 588. The highest BCUT2D eigenvalue weighted by atomic mass is 32.2. The van der Waals surface area contributed by atoms with Crippen LogP contribution in [-0.4, -0.2) is 36.2 Å². The zero-order valence-electron chi connectivity index (χ0n) is 11.6. The number of carbonyl (C=O) groups excluding carboxylic acids is 1. The van der Waals surface area contributed by atoms with Gasteiger partial charge in [-0.15, -0.1) is 0 Å². The van der Waals surface area contributed by atoms with E-state index in [1.165, 1.54) is 0 Å². The number of amides is 1. The van der Waals surface area contributed by atoms with E-state index in [1.54, 1.807) is 0 Å². The number of nitrogens with one attached hydrogen (secondary N) is 1. The van der Waals surface area contributed by atoms with Crippen molar-refractivity contribution in [3.8, 4) is 0 Å². The summed E-state index contributed by atoms with van der Waals surface area (Å²) in [5.74, 6) is -0.292. The number of nitrogens with two attached hydrogens (primary N) is 1. The summed E-state index contributed by atoms with van der Waals surface area (Å²) < 4.78 is 31.1. The molecule has 0 aromatic heterocycles. The summed E-state index contributed by atoms with van der Waals surface area (Å²) in [6.45, 7) is 0. The van der Waals surface area contributed by atoms with Crippen molar-refractivity contribution in [1.82, 2.24) is 5.32 Å². The average Bonchev–Trinajstić information content (AvgIpc) is 2.88. The van der Waals surface area contributed by atoms with E-state index in [1.807, 2.05) is 30.3 Å². The Hall–Kier alpha value is -1.44. The first-order valence-corrected chi connectivity index (χ1v) is 8.43. The lowest BCUT2D eigenvalue weighted by Gasteiger charge is -2.17. The van der Waals surface area contributed by atoms with Crippen LogP contribution in [0.3, 0.4) is 0 Å². The molecule has 0 radical (unpaired) electrons. The second-order valence-corrected chi connectivity index (χ2v) is 7.15. The molecule has 1 aliphatic rings. The molecule has 0 aliphatic heterocycles. The third-order valence-corrected chi connectivity index (χ3v) is 5.06. The molecule has 1 saturated carbocycles. The molecule has 2 unspecified atom stereocenters. The summed E-state index contributed by atoms with van der Waals surface area (Å²) >= 11 is 0. The largest absolute Gasteiger partial charge is 0.352 e. The molecule has 2 rings (SSSR count). The fourth-order valence-corrected chi connectivity index (χ4v) is 3.52. The van der Waals surface area contributed by atoms with E-state index in [0.29, 0.717) is 19.3 Å². The van der Waals surface area contributed by atoms with Crippen molar-refractivity contribution in [2.45, 2.75) is 43.0 Å². The molecule has 1 fully saturated rings. The lowest BCUT2D eigenvalue weighted by Crippen LogP contribution is -2.46. The molecule has 7 heteroatoms. The Balaban J connectivity index is 1.85. The monoisotopic (exact) mass is 312 g/mol. The Labute approximate surface area is 124 Å². The molecular weight excluding hydrogens is 292 g/mol. The highest BCUT2D eigenvalue weighted by molar-refractivity contribution is 7.86. The molecule has 1 aromatic carbocycles. The Kier molecular flexibility index (Phi) is 4.97. The molecule has 1 amide bonds. The van der Waals surface area contributed by atoms with Gasteiger partial charge in [0.2, 0.25) is 5.91 Å². The standard InChI is InChI=1S/C14H20N2O4S/c15-13(8-10-4-2-1-3-5-10)14(17)16-11-6-7-12(9-11)21(18,19)20/h1-5,11-13H,6-9,15H2,(H,16,17)(H,18,19,20)/t11?,12?,13-/m0/s1. The van der Waals surface area contributed by atoms with E-state index in [0.717, 1.165) is 5.56 Å². The maximum atomic E-state index is 12.0. The van der Waals surface area contributed by atoms with Crippen LogP contribution in [0.25, 0.3) is 0 Å². The summed E-state index contributed by atoms with van der Waals surface area (Å²) in [5, 5.41) is 1.98. The van der Waals surface area contributed by atoms with Crippen molar-refractivity contribution < 1.29 is 17.8 Å². The van der Waals surface area contributed by atoms with Gasteiger partial charge in [0.15, 0.2) is 0 Å². The summed E-state index contributed by atoms with van der Waals surface area (Å²) in [7, 11) is -4.02. The fourth-order valence-electron chi connectivity index (χ4n) is 2.61. The molecule has 21 heavy (non-hydrogen) atoms. The third kappa shape index (κ3) is 4.52. The molecular formula is C14H20N2O4S. The van der Waals surface area contributed by atoms with Gasteiger partial charge < -0.3 is 11.1 Å². The Morgan fingerprint density at radius 3 is 2.57 bits per heavy atom. The lowest BCUT2D eigenvalue weighted by molar-refractivity contribution is -0.123. The molecule has 3 atom stereocenters. The van der Waals surface area contributed by atoms with Crippen LogP contribution in [0.4, 0.5) is 0 Å². The number of carbonyl (C=O) groups is 1. The van der Waals surface area contributed by atoms with E-state index in [9.17, 15) is 13.2 Å². The fraction of sp³-hybridized carbons (Fsp3) is 0.500. The van der Waals surface area contributed by atoms with Gasteiger partial charge in [0, 0.05) is 6.04 Å². The molecule has 1 aromatic rings. The van der Waals surface area contributed by atoms with E-state index < -0.39 is 21.4 Å². The predicted octanol–water partition coefficient (Wildman–Crippen LogP) is 0.481. The first-order valence-electron chi connectivity index (χ1n) is 6.92. The number of hydrogen-bond acceptors (Lipinski definition) is 4. The van der Waals surface area contributed by atoms with E-state index in [2.05, 4.69) is 5.32 Å². The van der Waals surface area contributed by atoms with Crippen molar-refractivity contribution in [2.75, 3.05) is 0 Å². The first kappa shape index (κ1) is 15.9. The maximum absolute atomic E-state index is 12.0. The third-order valence-electron chi connectivity index (χ3n) is 3.79. The topological polar surface area (TPSA) is 109 Å². The van der Waals surface area contributed by atoms with Gasteiger partial charge in [-0.25, -0.2) is 0 Å². The van der Waals surface area contributed by atoms with Crippen LogP contribution in [0.2, 0.25) is 0 Å².